The molecule has 2 heteroatoms. The molecule has 0 fully saturated rings. The summed E-state index contributed by atoms with van der Waals surface area (Å²) in [6.07, 6.45) is 5.64. The first kappa shape index (κ1) is 31.4. The molecule has 51 heavy (non-hydrogen) atoms. The second-order valence-corrected chi connectivity index (χ2v) is 15.2. The van der Waals surface area contributed by atoms with Gasteiger partial charge in [-0.1, -0.05) is 99.7 Å². The van der Waals surface area contributed by atoms with Gasteiger partial charge in [-0.3, -0.25) is 0 Å². The van der Waals surface area contributed by atoms with E-state index >= 15 is 0 Å². The van der Waals surface area contributed by atoms with Crippen molar-refractivity contribution in [3.63, 3.8) is 0 Å². The van der Waals surface area contributed by atoms with Crippen molar-refractivity contribution in [1.29, 1.82) is 0 Å². The zero-order chi connectivity index (χ0) is 35.0. The highest BCUT2D eigenvalue weighted by molar-refractivity contribution is 6.08. The molecule has 0 saturated heterocycles. The molecule has 0 bridgehead atoms. The van der Waals surface area contributed by atoms with Crippen molar-refractivity contribution in [3.05, 3.63) is 167 Å². The molecule has 1 aromatic heterocycles. The zero-order valence-corrected chi connectivity index (χ0v) is 30.3. The van der Waals surface area contributed by atoms with Gasteiger partial charge < -0.3 is 9.32 Å². The predicted octanol–water partition coefficient (Wildman–Crippen LogP) is 14.0. The van der Waals surface area contributed by atoms with Crippen LogP contribution in [-0.4, -0.2) is 0 Å². The van der Waals surface area contributed by atoms with E-state index in [2.05, 4.69) is 180 Å². The first-order chi connectivity index (χ1) is 24.7. The maximum atomic E-state index is 6.71. The van der Waals surface area contributed by atoms with E-state index in [1.807, 2.05) is 0 Å². The highest BCUT2D eigenvalue weighted by Gasteiger charge is 2.36. The number of benzene rings is 6. The topological polar surface area (TPSA) is 16.4 Å². The molecule has 0 amide bonds. The van der Waals surface area contributed by atoms with Crippen LogP contribution in [0.5, 0.6) is 0 Å². The Morgan fingerprint density at radius 3 is 1.96 bits per heavy atom. The van der Waals surface area contributed by atoms with Gasteiger partial charge in [0.2, 0.25) is 0 Å². The third-order valence-corrected chi connectivity index (χ3v) is 11.5. The molecule has 7 aromatic rings. The van der Waals surface area contributed by atoms with E-state index < -0.39 is 0 Å². The van der Waals surface area contributed by atoms with Crippen LogP contribution in [0, 0.1) is 19.8 Å². The van der Waals surface area contributed by atoms with Crippen LogP contribution in [0.25, 0.3) is 49.8 Å². The number of aryl methyl sites for hydroxylation is 2. The van der Waals surface area contributed by atoms with Gasteiger partial charge in [0, 0.05) is 39.3 Å². The Balaban J connectivity index is 1.17. The lowest BCUT2D eigenvalue weighted by molar-refractivity contribution is 0.658. The van der Waals surface area contributed by atoms with Crippen LogP contribution >= 0.6 is 0 Å². The summed E-state index contributed by atoms with van der Waals surface area (Å²) < 4.78 is 6.71. The molecular weight excluding hydrogens is 619 g/mol. The minimum Gasteiger partial charge on any atom is -0.456 e. The molecule has 0 N–H and O–H groups in total. The van der Waals surface area contributed by atoms with Gasteiger partial charge in [-0.15, -0.1) is 0 Å². The van der Waals surface area contributed by atoms with Crippen molar-refractivity contribution < 1.29 is 4.42 Å². The minimum absolute atomic E-state index is 0.0596. The van der Waals surface area contributed by atoms with Gasteiger partial charge in [-0.2, -0.15) is 0 Å². The van der Waals surface area contributed by atoms with E-state index in [4.69, 9.17) is 4.42 Å². The summed E-state index contributed by atoms with van der Waals surface area (Å²) in [5.74, 6) is 0.505. The van der Waals surface area contributed by atoms with Gasteiger partial charge in [0.1, 0.15) is 11.2 Å². The second kappa shape index (κ2) is 11.7. The van der Waals surface area contributed by atoms with Crippen molar-refractivity contribution in [1.82, 2.24) is 0 Å². The quantitative estimate of drug-likeness (QED) is 0.183. The lowest BCUT2D eigenvalue weighted by Crippen LogP contribution is -2.14. The van der Waals surface area contributed by atoms with Gasteiger partial charge in [0.15, 0.2) is 0 Å². The first-order valence-corrected chi connectivity index (χ1v) is 18.2. The number of fused-ring (bicyclic) bond motifs is 6. The Bertz CT molecular complexity index is 2540. The second-order valence-electron chi connectivity index (χ2n) is 15.2. The Morgan fingerprint density at radius 1 is 0.608 bits per heavy atom. The van der Waals surface area contributed by atoms with E-state index in [0.29, 0.717) is 5.92 Å². The van der Waals surface area contributed by atoms with Crippen LogP contribution in [0.2, 0.25) is 0 Å². The van der Waals surface area contributed by atoms with E-state index in [0.717, 1.165) is 40.0 Å². The number of furan rings is 1. The summed E-state index contributed by atoms with van der Waals surface area (Å²) in [5, 5.41) is 2.31. The fourth-order valence-electron chi connectivity index (χ4n) is 8.94. The van der Waals surface area contributed by atoms with Gasteiger partial charge in [-0.25, -0.2) is 0 Å². The molecule has 9 rings (SSSR count). The van der Waals surface area contributed by atoms with Crippen LogP contribution < -0.4 is 4.90 Å². The van der Waals surface area contributed by atoms with Gasteiger partial charge in [0.05, 0.1) is 0 Å². The van der Waals surface area contributed by atoms with Crippen molar-refractivity contribution in [2.24, 2.45) is 5.92 Å². The summed E-state index contributed by atoms with van der Waals surface area (Å²) in [5.41, 5.74) is 19.6. The van der Waals surface area contributed by atoms with E-state index in [1.165, 1.54) is 66.6 Å². The minimum atomic E-state index is -0.0596. The third kappa shape index (κ3) is 5.00. The molecule has 0 saturated carbocycles. The Morgan fingerprint density at radius 2 is 1.25 bits per heavy atom. The van der Waals surface area contributed by atoms with Crippen LogP contribution in [0.3, 0.4) is 0 Å². The normalized spacial score (nSPS) is 16.2. The molecule has 6 aromatic carbocycles. The Hall–Kier alpha value is -5.60. The predicted molar refractivity (Wildman–Crippen MR) is 216 cm³/mol. The van der Waals surface area contributed by atoms with Crippen LogP contribution in [0.15, 0.2) is 143 Å². The smallest absolute Gasteiger partial charge is 0.137 e. The summed E-state index contributed by atoms with van der Waals surface area (Å²) >= 11 is 0. The average molecular weight is 662 g/mol. The molecule has 2 aliphatic carbocycles. The van der Waals surface area contributed by atoms with Crippen molar-refractivity contribution >= 4 is 44.6 Å². The molecule has 0 spiro atoms. The molecule has 250 valence electrons. The molecule has 2 aliphatic rings. The highest BCUT2D eigenvalue weighted by Crippen LogP contribution is 2.51. The number of nitrogens with zero attached hydrogens (tertiary/aromatic N) is 1. The van der Waals surface area contributed by atoms with Crippen LogP contribution in [0.1, 0.15) is 61.9 Å². The standard InChI is InChI=1S/C49H43NO/c1-30-11-9-12-31(2)47(30)34-17-21-36(22-18-34)50(37-23-19-35(20-24-37)48-32(3)13-10-14-33(48)4)38-25-26-40-42-28-44-41(29-46(42)51-45(40)27-38)39-15-7-8-16-43(39)49(44,5)6/h7-13,15-29,33H,14H2,1-6H3. The molecule has 1 heterocycles. The molecule has 0 radical (unpaired) electrons. The van der Waals surface area contributed by atoms with Gasteiger partial charge in [-0.05, 0) is 143 Å². The Labute approximate surface area is 301 Å². The van der Waals surface area contributed by atoms with E-state index in [-0.39, 0.29) is 5.41 Å². The molecular formula is C49H43NO. The van der Waals surface area contributed by atoms with Gasteiger partial charge >= 0.3 is 0 Å². The fraction of sp³-hybridized carbons (Fsp3) is 0.184. The third-order valence-electron chi connectivity index (χ3n) is 11.5. The SMILES string of the molecule is CC1=C(c2ccc(N(c3ccc(-c4c(C)cccc4C)cc3)c3ccc4c(c3)oc3cc5c(cc34)C(C)(C)c3ccccc3-5)cc2)C(C)CC=C1. The summed E-state index contributed by atoms with van der Waals surface area (Å²) in [6, 6.07) is 44.8. The van der Waals surface area contributed by atoms with E-state index in [1.54, 1.807) is 0 Å². The maximum Gasteiger partial charge on any atom is 0.137 e. The highest BCUT2D eigenvalue weighted by atomic mass is 16.3. The van der Waals surface area contributed by atoms with E-state index in [9.17, 15) is 0 Å². The molecule has 1 atom stereocenters. The lowest BCUT2D eigenvalue weighted by Gasteiger charge is -2.27. The maximum absolute atomic E-state index is 6.71. The average Bonchev–Trinajstić information content (AvgIpc) is 3.59. The zero-order valence-electron chi connectivity index (χ0n) is 30.3. The molecule has 1 unspecified atom stereocenters. The van der Waals surface area contributed by atoms with Crippen molar-refractivity contribution in [2.45, 2.75) is 53.4 Å². The monoisotopic (exact) mass is 661 g/mol. The summed E-state index contributed by atoms with van der Waals surface area (Å²) in [7, 11) is 0. The number of rotatable bonds is 5. The Kier molecular flexibility index (Phi) is 7.23. The van der Waals surface area contributed by atoms with Crippen LogP contribution in [0.4, 0.5) is 17.1 Å². The summed E-state index contributed by atoms with van der Waals surface area (Å²) in [4.78, 5) is 2.36. The van der Waals surface area contributed by atoms with Crippen molar-refractivity contribution in [3.8, 4) is 22.3 Å². The molecule has 2 nitrogen and oxygen atoms in total. The first-order valence-electron chi connectivity index (χ1n) is 18.2. The number of hydrogen-bond acceptors (Lipinski definition) is 2. The summed E-state index contributed by atoms with van der Waals surface area (Å²) in [6.45, 7) is 13.6. The van der Waals surface area contributed by atoms with Crippen molar-refractivity contribution in [2.75, 3.05) is 4.90 Å². The fourth-order valence-corrected chi connectivity index (χ4v) is 8.94. The van der Waals surface area contributed by atoms with Gasteiger partial charge in [0.25, 0.3) is 0 Å². The number of hydrogen-bond donors (Lipinski definition) is 0. The molecule has 0 aliphatic heterocycles. The number of anilines is 3. The largest absolute Gasteiger partial charge is 0.456 e. The lowest BCUT2D eigenvalue weighted by atomic mass is 9.82. The van der Waals surface area contributed by atoms with Crippen LogP contribution in [-0.2, 0) is 5.41 Å². The number of allylic oxidation sites excluding steroid dienone is 4.